The summed E-state index contributed by atoms with van der Waals surface area (Å²) in [5, 5.41) is 9.13. The van der Waals surface area contributed by atoms with Gasteiger partial charge in [0, 0.05) is 16.7 Å². The predicted molar refractivity (Wildman–Crippen MR) is 82.0 cm³/mol. The second-order valence-electron chi connectivity index (χ2n) is 5.29. The van der Waals surface area contributed by atoms with Crippen LogP contribution in [0, 0.1) is 5.92 Å². The SMILES string of the molecule is CCc1[nH]nc(C(=O)NC(C)CC(C)CC)c1S(=O)(=O)Cl. The van der Waals surface area contributed by atoms with Crippen molar-refractivity contribution in [2.24, 2.45) is 5.92 Å². The summed E-state index contributed by atoms with van der Waals surface area (Å²) in [5.41, 5.74) is 0.169. The molecule has 2 unspecified atom stereocenters. The first kappa shape index (κ1) is 18.0. The molecule has 2 atom stereocenters. The zero-order valence-corrected chi connectivity index (χ0v) is 14.3. The number of hydrogen-bond acceptors (Lipinski definition) is 4. The van der Waals surface area contributed by atoms with E-state index in [0.29, 0.717) is 18.0 Å². The van der Waals surface area contributed by atoms with Crippen LogP contribution >= 0.6 is 10.7 Å². The van der Waals surface area contributed by atoms with Crippen molar-refractivity contribution in [3.63, 3.8) is 0 Å². The first-order chi connectivity index (χ1) is 9.70. The Kier molecular flexibility index (Phi) is 6.22. The van der Waals surface area contributed by atoms with Gasteiger partial charge in [-0.3, -0.25) is 9.89 Å². The lowest BCUT2D eigenvalue weighted by atomic mass is 10.0. The van der Waals surface area contributed by atoms with E-state index in [1.54, 1.807) is 6.92 Å². The predicted octanol–water partition coefficient (Wildman–Crippen LogP) is 2.45. The number of amides is 1. The second kappa shape index (κ2) is 7.26. The Morgan fingerprint density at radius 3 is 2.48 bits per heavy atom. The van der Waals surface area contributed by atoms with Gasteiger partial charge in [-0.05, 0) is 25.7 Å². The van der Waals surface area contributed by atoms with Gasteiger partial charge in [-0.15, -0.1) is 0 Å². The maximum atomic E-state index is 12.2. The molecule has 1 rings (SSSR count). The second-order valence-corrected chi connectivity index (χ2v) is 7.80. The minimum absolute atomic E-state index is 0.0693. The Hall–Kier alpha value is -1.08. The number of hydrogen-bond donors (Lipinski definition) is 2. The van der Waals surface area contributed by atoms with Crippen molar-refractivity contribution in [1.82, 2.24) is 15.5 Å². The minimum atomic E-state index is -4.02. The molecule has 1 aromatic heterocycles. The molecular weight excluding hydrogens is 314 g/mol. The van der Waals surface area contributed by atoms with Crippen LogP contribution in [0.3, 0.4) is 0 Å². The van der Waals surface area contributed by atoms with Crippen molar-refractivity contribution in [3.05, 3.63) is 11.4 Å². The van der Waals surface area contributed by atoms with Crippen molar-refractivity contribution in [2.45, 2.75) is 57.9 Å². The van der Waals surface area contributed by atoms with Crippen LogP contribution in [-0.2, 0) is 15.5 Å². The smallest absolute Gasteiger partial charge is 0.273 e. The van der Waals surface area contributed by atoms with E-state index >= 15 is 0 Å². The van der Waals surface area contributed by atoms with Crippen LogP contribution in [0.15, 0.2) is 4.90 Å². The molecule has 0 aliphatic heterocycles. The first-order valence-corrected chi connectivity index (χ1v) is 9.34. The highest BCUT2D eigenvalue weighted by Gasteiger charge is 2.28. The van der Waals surface area contributed by atoms with E-state index in [-0.39, 0.29) is 16.6 Å². The van der Waals surface area contributed by atoms with Gasteiger partial charge in [-0.2, -0.15) is 5.10 Å². The molecule has 0 aliphatic rings. The highest BCUT2D eigenvalue weighted by Crippen LogP contribution is 2.23. The molecule has 120 valence electrons. The van der Waals surface area contributed by atoms with Gasteiger partial charge in [0.25, 0.3) is 15.0 Å². The summed E-state index contributed by atoms with van der Waals surface area (Å²) < 4.78 is 23.3. The van der Waals surface area contributed by atoms with E-state index in [1.807, 2.05) is 6.92 Å². The fourth-order valence-corrected chi connectivity index (χ4v) is 3.50. The number of carbonyl (C=O) groups excluding carboxylic acids is 1. The van der Waals surface area contributed by atoms with Gasteiger partial charge in [0.1, 0.15) is 4.90 Å². The molecule has 0 fully saturated rings. The summed E-state index contributed by atoms with van der Waals surface area (Å²) in [4.78, 5) is 12.0. The highest BCUT2D eigenvalue weighted by molar-refractivity contribution is 8.13. The molecule has 1 amide bonds. The molecule has 2 N–H and O–H groups in total. The van der Waals surface area contributed by atoms with Crippen LogP contribution in [0.25, 0.3) is 0 Å². The lowest BCUT2D eigenvalue weighted by molar-refractivity contribution is 0.0927. The Bertz CT molecular complexity index is 598. The van der Waals surface area contributed by atoms with E-state index < -0.39 is 15.0 Å². The van der Waals surface area contributed by atoms with Crippen molar-refractivity contribution < 1.29 is 13.2 Å². The van der Waals surface area contributed by atoms with E-state index in [1.165, 1.54) is 0 Å². The van der Waals surface area contributed by atoms with Gasteiger partial charge in [-0.25, -0.2) is 8.42 Å². The van der Waals surface area contributed by atoms with Crippen LogP contribution in [0.5, 0.6) is 0 Å². The molecule has 1 aromatic rings. The number of nitrogens with zero attached hydrogens (tertiary/aromatic N) is 1. The maximum Gasteiger partial charge on any atom is 0.273 e. The Morgan fingerprint density at radius 1 is 1.38 bits per heavy atom. The molecule has 0 radical (unpaired) electrons. The standard InChI is InChI=1S/C13H22ClN3O3S/c1-5-8(3)7-9(4)15-13(18)11-12(21(14,19)20)10(6-2)16-17-11/h8-9H,5-7H2,1-4H3,(H,15,18)(H,16,17). The molecule has 8 heteroatoms. The largest absolute Gasteiger partial charge is 0.348 e. The fourth-order valence-electron chi connectivity index (χ4n) is 2.15. The number of aromatic amines is 1. The van der Waals surface area contributed by atoms with Gasteiger partial charge in [0.05, 0.1) is 5.69 Å². The highest BCUT2D eigenvalue weighted by atomic mass is 35.7. The zero-order chi connectivity index (χ0) is 16.2. The Morgan fingerprint density at radius 2 is 2.00 bits per heavy atom. The summed E-state index contributed by atoms with van der Waals surface area (Å²) in [7, 11) is 1.38. The number of carbonyl (C=O) groups is 1. The van der Waals surface area contributed by atoms with Gasteiger partial charge in [-0.1, -0.05) is 27.2 Å². The number of nitrogens with one attached hydrogen (secondary N) is 2. The normalized spacial score (nSPS) is 14.7. The number of H-pyrrole nitrogens is 1. The number of aryl methyl sites for hydroxylation is 1. The van der Waals surface area contributed by atoms with Crippen LogP contribution in [0.1, 0.15) is 56.7 Å². The quantitative estimate of drug-likeness (QED) is 0.749. The molecule has 1 heterocycles. The summed E-state index contributed by atoms with van der Waals surface area (Å²) in [6.07, 6.45) is 2.23. The zero-order valence-electron chi connectivity index (χ0n) is 12.7. The minimum Gasteiger partial charge on any atom is -0.348 e. The summed E-state index contributed by atoms with van der Waals surface area (Å²) in [6, 6.07) is -0.0693. The van der Waals surface area contributed by atoms with Gasteiger partial charge in [0.15, 0.2) is 5.69 Å². The molecule has 0 bridgehead atoms. The summed E-state index contributed by atoms with van der Waals surface area (Å²) in [6.45, 7) is 7.82. The number of aromatic nitrogens is 2. The Labute approximate surface area is 130 Å². The number of halogens is 1. The van der Waals surface area contributed by atoms with Crippen molar-refractivity contribution in [2.75, 3.05) is 0 Å². The molecule has 6 nitrogen and oxygen atoms in total. The topological polar surface area (TPSA) is 91.9 Å². The van der Waals surface area contributed by atoms with Crippen molar-refractivity contribution in [3.8, 4) is 0 Å². The third-order valence-electron chi connectivity index (χ3n) is 3.43. The monoisotopic (exact) mass is 335 g/mol. The van der Waals surface area contributed by atoms with Crippen LogP contribution in [-0.4, -0.2) is 30.6 Å². The molecule has 0 spiro atoms. The van der Waals surface area contributed by atoms with Crippen molar-refractivity contribution >= 4 is 25.6 Å². The summed E-state index contributed by atoms with van der Waals surface area (Å²) in [5.74, 6) is -0.0529. The van der Waals surface area contributed by atoms with E-state index in [9.17, 15) is 13.2 Å². The molecule has 0 saturated heterocycles. The maximum absolute atomic E-state index is 12.2. The molecule has 0 aliphatic carbocycles. The fraction of sp³-hybridized carbons (Fsp3) is 0.692. The molecule has 21 heavy (non-hydrogen) atoms. The summed E-state index contributed by atoms with van der Waals surface area (Å²) >= 11 is 0. The van der Waals surface area contributed by atoms with E-state index in [0.717, 1.165) is 12.8 Å². The average molecular weight is 336 g/mol. The van der Waals surface area contributed by atoms with Gasteiger partial charge < -0.3 is 5.32 Å². The van der Waals surface area contributed by atoms with Crippen LogP contribution in [0.4, 0.5) is 0 Å². The lowest BCUT2D eigenvalue weighted by Gasteiger charge is -2.17. The first-order valence-electron chi connectivity index (χ1n) is 7.03. The van der Waals surface area contributed by atoms with Crippen LogP contribution in [0.2, 0.25) is 0 Å². The van der Waals surface area contributed by atoms with Gasteiger partial charge in [0.2, 0.25) is 0 Å². The molecule has 0 saturated carbocycles. The van der Waals surface area contributed by atoms with E-state index in [4.69, 9.17) is 10.7 Å². The third-order valence-corrected chi connectivity index (χ3v) is 4.82. The number of rotatable bonds is 7. The third kappa shape index (κ3) is 4.71. The van der Waals surface area contributed by atoms with Gasteiger partial charge >= 0.3 is 0 Å². The lowest BCUT2D eigenvalue weighted by Crippen LogP contribution is -2.34. The van der Waals surface area contributed by atoms with E-state index in [2.05, 4.69) is 29.4 Å². The van der Waals surface area contributed by atoms with Crippen LogP contribution < -0.4 is 5.32 Å². The molecular formula is C13H22ClN3O3S. The molecule has 0 aromatic carbocycles. The van der Waals surface area contributed by atoms with Crippen molar-refractivity contribution in [1.29, 1.82) is 0 Å². The Balaban J connectivity index is 2.96. The average Bonchev–Trinajstić information content (AvgIpc) is 2.82.